The molecule has 132 valence electrons. The van der Waals surface area contributed by atoms with E-state index in [2.05, 4.69) is 4.74 Å². The largest absolute Gasteiger partial charge is 0.497 e. The summed E-state index contributed by atoms with van der Waals surface area (Å²) in [4.78, 5) is 37.3. The van der Waals surface area contributed by atoms with Gasteiger partial charge in [0.25, 0.3) is 11.7 Å². The quantitative estimate of drug-likeness (QED) is 0.470. The van der Waals surface area contributed by atoms with Crippen LogP contribution in [-0.2, 0) is 20.9 Å². The molecule has 6 nitrogen and oxygen atoms in total. The molecule has 0 aromatic heterocycles. The molecule has 0 spiro atoms. The molecule has 0 radical (unpaired) electrons. The van der Waals surface area contributed by atoms with Crippen molar-refractivity contribution >= 4 is 29.4 Å². The zero-order valence-corrected chi connectivity index (χ0v) is 14.4. The van der Waals surface area contributed by atoms with E-state index in [0.717, 1.165) is 11.3 Å². The number of rotatable bonds is 5. The minimum atomic E-state index is -0.565. The third-order valence-electron chi connectivity index (χ3n) is 4.11. The number of hydrogen-bond acceptors (Lipinski definition) is 5. The van der Waals surface area contributed by atoms with Crippen molar-refractivity contribution in [1.29, 1.82) is 0 Å². The molecule has 1 aliphatic heterocycles. The zero-order chi connectivity index (χ0) is 18.7. The van der Waals surface area contributed by atoms with Crippen LogP contribution in [0.5, 0.6) is 5.75 Å². The van der Waals surface area contributed by atoms with Gasteiger partial charge in [-0.25, -0.2) is 4.79 Å². The number of nitrogens with zero attached hydrogens (tertiary/aromatic N) is 1. The average Bonchev–Trinajstić information content (AvgIpc) is 2.91. The Morgan fingerprint density at radius 3 is 2.46 bits per heavy atom. The van der Waals surface area contributed by atoms with Crippen molar-refractivity contribution in [2.75, 3.05) is 19.1 Å². The molecule has 0 saturated heterocycles. The van der Waals surface area contributed by atoms with Gasteiger partial charge in [0.1, 0.15) is 5.75 Å². The van der Waals surface area contributed by atoms with Crippen LogP contribution in [0.4, 0.5) is 5.69 Å². The number of Topliss-reactive ketones (excluding diaryl/α,β-unsaturated/α-hetero) is 1. The topological polar surface area (TPSA) is 72.9 Å². The second kappa shape index (κ2) is 7.23. The predicted octanol–water partition coefficient (Wildman–Crippen LogP) is 2.61. The van der Waals surface area contributed by atoms with Crippen molar-refractivity contribution in [2.24, 2.45) is 0 Å². The first-order chi connectivity index (χ1) is 12.5. The Hall–Kier alpha value is -3.41. The first-order valence-corrected chi connectivity index (χ1v) is 7.92. The molecule has 0 unspecified atom stereocenters. The van der Waals surface area contributed by atoms with E-state index in [1.807, 2.05) is 12.1 Å². The molecular weight excluding hydrogens is 334 g/mol. The Labute approximate surface area is 150 Å². The molecule has 0 saturated carbocycles. The minimum Gasteiger partial charge on any atom is -0.497 e. The van der Waals surface area contributed by atoms with Crippen LogP contribution in [0.1, 0.15) is 21.5 Å². The lowest BCUT2D eigenvalue weighted by molar-refractivity contribution is -0.134. The van der Waals surface area contributed by atoms with Gasteiger partial charge in [-0.3, -0.25) is 9.59 Å². The van der Waals surface area contributed by atoms with Crippen LogP contribution in [0, 0.1) is 0 Å². The number of carbonyl (C=O) groups is 3. The number of hydrogen-bond donors (Lipinski definition) is 0. The highest BCUT2D eigenvalue weighted by Crippen LogP contribution is 2.31. The summed E-state index contributed by atoms with van der Waals surface area (Å²) in [6, 6.07) is 12.4. The molecule has 1 amide bonds. The summed E-state index contributed by atoms with van der Waals surface area (Å²) in [6.45, 7) is 0.291. The molecule has 0 fully saturated rings. The van der Waals surface area contributed by atoms with Crippen LogP contribution in [0.3, 0.4) is 0 Å². The maximum Gasteiger partial charge on any atom is 0.330 e. The molecule has 1 aliphatic rings. The normalized spacial score (nSPS) is 13.2. The van der Waals surface area contributed by atoms with E-state index >= 15 is 0 Å². The number of benzene rings is 2. The second-order valence-corrected chi connectivity index (χ2v) is 5.70. The van der Waals surface area contributed by atoms with Crippen molar-refractivity contribution < 1.29 is 23.9 Å². The Morgan fingerprint density at radius 1 is 1.08 bits per heavy atom. The van der Waals surface area contributed by atoms with Gasteiger partial charge in [0.05, 0.1) is 32.0 Å². The Bertz CT molecular complexity index is 899. The lowest BCUT2D eigenvalue weighted by Crippen LogP contribution is -2.29. The smallest absolute Gasteiger partial charge is 0.330 e. The van der Waals surface area contributed by atoms with Gasteiger partial charge in [-0.2, -0.15) is 0 Å². The fourth-order valence-corrected chi connectivity index (χ4v) is 2.72. The van der Waals surface area contributed by atoms with Crippen molar-refractivity contribution in [3.8, 4) is 5.75 Å². The summed E-state index contributed by atoms with van der Waals surface area (Å²) >= 11 is 0. The maximum atomic E-state index is 12.4. The molecule has 0 bridgehead atoms. The van der Waals surface area contributed by atoms with E-state index in [9.17, 15) is 14.4 Å². The molecule has 0 aliphatic carbocycles. The molecule has 2 aromatic carbocycles. The van der Waals surface area contributed by atoms with E-state index in [1.54, 1.807) is 37.4 Å². The average molecular weight is 351 g/mol. The lowest BCUT2D eigenvalue weighted by Gasteiger charge is -2.17. The minimum absolute atomic E-state index is 0.291. The highest BCUT2D eigenvalue weighted by molar-refractivity contribution is 6.52. The molecular formula is C20H17NO5. The monoisotopic (exact) mass is 351 g/mol. The van der Waals surface area contributed by atoms with Crippen molar-refractivity contribution in [1.82, 2.24) is 0 Å². The van der Waals surface area contributed by atoms with Crippen LogP contribution in [0.25, 0.3) is 6.08 Å². The van der Waals surface area contributed by atoms with Crippen LogP contribution in [0.2, 0.25) is 0 Å². The highest BCUT2D eigenvalue weighted by Gasteiger charge is 2.35. The number of amides is 1. The summed E-state index contributed by atoms with van der Waals surface area (Å²) in [5.41, 5.74) is 2.41. The van der Waals surface area contributed by atoms with Gasteiger partial charge in [0.2, 0.25) is 0 Å². The summed E-state index contributed by atoms with van der Waals surface area (Å²) in [7, 11) is 2.87. The Balaban J connectivity index is 1.86. The lowest BCUT2D eigenvalue weighted by atomic mass is 10.1. The van der Waals surface area contributed by atoms with E-state index in [1.165, 1.54) is 24.2 Å². The van der Waals surface area contributed by atoms with Gasteiger partial charge < -0.3 is 14.4 Å². The number of ketones is 1. The van der Waals surface area contributed by atoms with E-state index in [-0.39, 0.29) is 0 Å². The fraction of sp³-hybridized carbons (Fsp3) is 0.150. The van der Waals surface area contributed by atoms with Crippen LogP contribution in [0.15, 0.2) is 48.5 Å². The summed E-state index contributed by atoms with van der Waals surface area (Å²) in [6.07, 6.45) is 2.80. The van der Waals surface area contributed by atoms with Crippen LogP contribution < -0.4 is 9.64 Å². The fourth-order valence-electron chi connectivity index (χ4n) is 2.72. The van der Waals surface area contributed by atoms with Crippen molar-refractivity contribution in [3.05, 3.63) is 65.2 Å². The predicted molar refractivity (Wildman–Crippen MR) is 96.0 cm³/mol. The van der Waals surface area contributed by atoms with Gasteiger partial charge in [-0.05, 0) is 41.5 Å². The summed E-state index contributed by atoms with van der Waals surface area (Å²) < 4.78 is 9.66. The molecule has 1 heterocycles. The zero-order valence-electron chi connectivity index (χ0n) is 14.4. The van der Waals surface area contributed by atoms with Gasteiger partial charge in [0.15, 0.2) is 0 Å². The third kappa shape index (κ3) is 3.35. The van der Waals surface area contributed by atoms with Crippen LogP contribution >= 0.6 is 0 Å². The van der Waals surface area contributed by atoms with Crippen molar-refractivity contribution in [3.63, 3.8) is 0 Å². The van der Waals surface area contributed by atoms with Gasteiger partial charge in [-0.1, -0.05) is 18.2 Å². The third-order valence-corrected chi connectivity index (χ3v) is 4.11. The highest BCUT2D eigenvalue weighted by atomic mass is 16.5. The second-order valence-electron chi connectivity index (χ2n) is 5.70. The molecule has 0 N–H and O–H groups in total. The number of carbonyl (C=O) groups excluding carboxylic acids is 3. The van der Waals surface area contributed by atoms with E-state index in [4.69, 9.17) is 4.74 Å². The molecule has 26 heavy (non-hydrogen) atoms. The van der Waals surface area contributed by atoms with E-state index in [0.29, 0.717) is 23.4 Å². The molecule has 3 rings (SSSR count). The van der Waals surface area contributed by atoms with Crippen LogP contribution in [-0.4, -0.2) is 31.9 Å². The summed E-state index contributed by atoms with van der Waals surface area (Å²) in [5, 5.41) is 0. The van der Waals surface area contributed by atoms with Gasteiger partial charge >= 0.3 is 5.97 Å². The number of methoxy groups -OCH3 is 2. The molecule has 0 atom stereocenters. The Kier molecular flexibility index (Phi) is 4.84. The Morgan fingerprint density at radius 2 is 1.81 bits per heavy atom. The summed E-state index contributed by atoms with van der Waals surface area (Å²) in [5.74, 6) is -0.888. The first-order valence-electron chi connectivity index (χ1n) is 7.92. The standard InChI is InChI=1S/C20H17NO5/c1-25-15-7-3-14(4-8-15)12-21-17-9-5-13(6-10-18(22)26-2)11-16(17)19(23)20(21)24/h3-11H,12H2,1-2H3/b10-6+. The molecule has 2 aromatic rings. The maximum absolute atomic E-state index is 12.4. The van der Waals surface area contributed by atoms with Gasteiger partial charge in [0, 0.05) is 6.08 Å². The number of esters is 1. The van der Waals surface area contributed by atoms with Gasteiger partial charge in [-0.15, -0.1) is 0 Å². The van der Waals surface area contributed by atoms with E-state index < -0.39 is 17.7 Å². The number of fused-ring (bicyclic) bond motifs is 1. The molecule has 6 heteroatoms. The van der Waals surface area contributed by atoms with Crippen molar-refractivity contribution in [2.45, 2.75) is 6.54 Å². The number of ether oxygens (including phenoxy) is 2. The SMILES string of the molecule is COC(=O)/C=C/c1ccc2c(c1)C(=O)C(=O)N2Cc1ccc(OC)cc1. The number of anilines is 1. The first kappa shape index (κ1) is 17.4.